The zero-order chi connectivity index (χ0) is 11.0. The van der Waals surface area contributed by atoms with Gasteiger partial charge >= 0.3 is 0 Å². The third-order valence-electron chi connectivity index (χ3n) is 2.19. The van der Waals surface area contributed by atoms with Crippen LogP contribution in [0.15, 0.2) is 4.99 Å². The highest BCUT2D eigenvalue weighted by Crippen LogP contribution is 1.98. The third kappa shape index (κ3) is 8.92. The molecule has 0 heterocycles. The first-order chi connectivity index (χ1) is 6.61. The molecule has 0 radical (unpaired) electrons. The lowest BCUT2D eigenvalue weighted by Crippen LogP contribution is -2.45. The van der Waals surface area contributed by atoms with Crippen LogP contribution >= 0.6 is 24.0 Å². The predicted octanol–water partition coefficient (Wildman–Crippen LogP) is 1.46. The molecule has 0 spiro atoms. The molecule has 0 aromatic heterocycles. The lowest BCUT2D eigenvalue weighted by atomic mass is 10.1. The lowest BCUT2D eigenvalue weighted by Gasteiger charge is -2.20. The van der Waals surface area contributed by atoms with E-state index in [9.17, 15) is 0 Å². The van der Waals surface area contributed by atoms with Crippen LogP contribution in [0, 0.1) is 5.92 Å². The van der Waals surface area contributed by atoms with Crippen LogP contribution in [0.5, 0.6) is 0 Å². The Morgan fingerprint density at radius 3 is 2.33 bits per heavy atom. The van der Waals surface area contributed by atoms with Crippen molar-refractivity contribution >= 4 is 29.9 Å². The average molecular weight is 329 g/mol. The molecular formula is C10H24IN3O. The standard InChI is InChI=1S/C10H23N3O.HI/c1-8(2)9(3)13-10(11-4)12-6-7-14-5;/h8-9H,6-7H2,1-5H3,(H2,11,12,13);1H. The number of aliphatic imine (C=N–C) groups is 1. The van der Waals surface area contributed by atoms with Crippen molar-refractivity contribution in [1.82, 2.24) is 10.6 Å². The van der Waals surface area contributed by atoms with Gasteiger partial charge in [0.15, 0.2) is 5.96 Å². The largest absolute Gasteiger partial charge is 0.383 e. The number of methoxy groups -OCH3 is 1. The Morgan fingerprint density at radius 2 is 1.93 bits per heavy atom. The first-order valence-electron chi connectivity index (χ1n) is 5.08. The van der Waals surface area contributed by atoms with Gasteiger partial charge in [0, 0.05) is 26.7 Å². The number of hydrogen-bond acceptors (Lipinski definition) is 2. The van der Waals surface area contributed by atoms with Crippen molar-refractivity contribution in [2.45, 2.75) is 26.8 Å². The van der Waals surface area contributed by atoms with E-state index in [4.69, 9.17) is 4.74 Å². The van der Waals surface area contributed by atoms with E-state index in [1.807, 2.05) is 0 Å². The molecular weight excluding hydrogens is 305 g/mol. The number of hydrogen-bond donors (Lipinski definition) is 2. The maximum Gasteiger partial charge on any atom is 0.191 e. The van der Waals surface area contributed by atoms with E-state index in [0.29, 0.717) is 18.6 Å². The van der Waals surface area contributed by atoms with E-state index in [1.165, 1.54) is 0 Å². The Labute approximate surface area is 110 Å². The van der Waals surface area contributed by atoms with E-state index in [1.54, 1.807) is 14.2 Å². The second kappa shape index (κ2) is 10.5. The highest BCUT2D eigenvalue weighted by atomic mass is 127. The third-order valence-corrected chi connectivity index (χ3v) is 2.19. The van der Waals surface area contributed by atoms with Crippen LogP contribution in [-0.4, -0.2) is 39.3 Å². The molecule has 5 heteroatoms. The van der Waals surface area contributed by atoms with Crippen LogP contribution < -0.4 is 10.6 Å². The molecule has 0 saturated heterocycles. The molecule has 0 aliphatic heterocycles. The van der Waals surface area contributed by atoms with E-state index in [-0.39, 0.29) is 24.0 Å². The number of guanidine groups is 1. The normalized spacial score (nSPS) is 13.3. The quantitative estimate of drug-likeness (QED) is 0.347. The molecule has 0 rings (SSSR count). The Hall–Kier alpha value is -0.0400. The van der Waals surface area contributed by atoms with E-state index in [2.05, 4.69) is 36.4 Å². The second-order valence-corrected chi connectivity index (χ2v) is 3.67. The van der Waals surface area contributed by atoms with Gasteiger partial charge in [-0.25, -0.2) is 0 Å². The summed E-state index contributed by atoms with van der Waals surface area (Å²) < 4.78 is 4.94. The first-order valence-corrected chi connectivity index (χ1v) is 5.08. The molecule has 0 bridgehead atoms. The minimum atomic E-state index is 0. The summed E-state index contributed by atoms with van der Waals surface area (Å²) in [5.74, 6) is 1.43. The van der Waals surface area contributed by atoms with Crippen molar-refractivity contribution in [2.24, 2.45) is 10.9 Å². The summed E-state index contributed by atoms with van der Waals surface area (Å²) in [6.07, 6.45) is 0. The molecule has 2 N–H and O–H groups in total. The number of rotatable bonds is 5. The fourth-order valence-electron chi connectivity index (χ4n) is 0.848. The maximum atomic E-state index is 4.94. The molecule has 0 aromatic rings. The first kappa shape index (κ1) is 17.4. The van der Waals surface area contributed by atoms with Gasteiger partial charge in [-0.2, -0.15) is 0 Å². The number of nitrogens with one attached hydrogen (secondary N) is 2. The average Bonchev–Trinajstić information content (AvgIpc) is 2.16. The van der Waals surface area contributed by atoms with Gasteiger partial charge in [0.1, 0.15) is 0 Å². The van der Waals surface area contributed by atoms with Gasteiger partial charge in [-0.3, -0.25) is 4.99 Å². The summed E-state index contributed by atoms with van der Waals surface area (Å²) in [7, 11) is 3.46. The molecule has 1 atom stereocenters. The van der Waals surface area contributed by atoms with Gasteiger partial charge < -0.3 is 15.4 Å². The van der Waals surface area contributed by atoms with E-state index >= 15 is 0 Å². The summed E-state index contributed by atoms with van der Waals surface area (Å²) in [5, 5.41) is 6.48. The molecule has 0 aliphatic carbocycles. The maximum absolute atomic E-state index is 4.94. The zero-order valence-electron chi connectivity index (χ0n) is 10.3. The summed E-state index contributed by atoms with van der Waals surface area (Å²) in [5.41, 5.74) is 0. The van der Waals surface area contributed by atoms with E-state index in [0.717, 1.165) is 12.5 Å². The van der Waals surface area contributed by atoms with Crippen molar-refractivity contribution in [2.75, 3.05) is 27.3 Å². The fraction of sp³-hybridized carbons (Fsp3) is 0.900. The van der Waals surface area contributed by atoms with Crippen molar-refractivity contribution in [3.63, 3.8) is 0 Å². The monoisotopic (exact) mass is 329 g/mol. The number of nitrogens with zero attached hydrogens (tertiary/aromatic N) is 1. The van der Waals surface area contributed by atoms with Crippen LogP contribution in [-0.2, 0) is 4.74 Å². The number of halogens is 1. The lowest BCUT2D eigenvalue weighted by molar-refractivity contribution is 0.203. The molecule has 0 fully saturated rings. The molecule has 15 heavy (non-hydrogen) atoms. The smallest absolute Gasteiger partial charge is 0.191 e. The van der Waals surface area contributed by atoms with Crippen LogP contribution in [0.1, 0.15) is 20.8 Å². The van der Waals surface area contributed by atoms with Gasteiger partial charge in [-0.15, -0.1) is 24.0 Å². The molecule has 0 saturated carbocycles. The van der Waals surface area contributed by atoms with Crippen molar-refractivity contribution in [1.29, 1.82) is 0 Å². The molecule has 0 aliphatic rings. The van der Waals surface area contributed by atoms with Gasteiger partial charge in [-0.1, -0.05) is 13.8 Å². The molecule has 92 valence electrons. The van der Waals surface area contributed by atoms with Gasteiger partial charge in [-0.05, 0) is 12.8 Å². The topological polar surface area (TPSA) is 45.7 Å². The van der Waals surface area contributed by atoms with E-state index < -0.39 is 0 Å². The number of ether oxygens (including phenoxy) is 1. The minimum absolute atomic E-state index is 0. The van der Waals surface area contributed by atoms with Crippen LogP contribution in [0.3, 0.4) is 0 Å². The summed E-state index contributed by atoms with van der Waals surface area (Å²) >= 11 is 0. The Kier molecular flexibility index (Phi) is 12.1. The Bertz CT molecular complexity index is 174. The Balaban J connectivity index is 0. The van der Waals surface area contributed by atoms with Crippen LogP contribution in [0.2, 0.25) is 0 Å². The van der Waals surface area contributed by atoms with Gasteiger partial charge in [0.25, 0.3) is 0 Å². The minimum Gasteiger partial charge on any atom is -0.383 e. The fourth-order valence-corrected chi connectivity index (χ4v) is 0.848. The molecule has 0 amide bonds. The van der Waals surface area contributed by atoms with Crippen molar-refractivity contribution in [3.8, 4) is 0 Å². The highest BCUT2D eigenvalue weighted by molar-refractivity contribution is 14.0. The van der Waals surface area contributed by atoms with Crippen LogP contribution in [0.25, 0.3) is 0 Å². The highest BCUT2D eigenvalue weighted by Gasteiger charge is 2.07. The molecule has 4 nitrogen and oxygen atoms in total. The van der Waals surface area contributed by atoms with Gasteiger partial charge in [0.05, 0.1) is 6.61 Å². The molecule has 0 aromatic carbocycles. The predicted molar refractivity (Wildman–Crippen MR) is 76.1 cm³/mol. The second-order valence-electron chi connectivity index (χ2n) is 3.67. The summed E-state index contributed by atoms with van der Waals surface area (Å²) in [4.78, 5) is 4.12. The van der Waals surface area contributed by atoms with Crippen molar-refractivity contribution < 1.29 is 4.74 Å². The molecule has 1 unspecified atom stereocenters. The SMILES string of the molecule is CN=C(NCCOC)NC(C)C(C)C.I. The summed E-state index contributed by atoms with van der Waals surface area (Å²) in [6.45, 7) is 7.98. The Morgan fingerprint density at radius 1 is 1.33 bits per heavy atom. The van der Waals surface area contributed by atoms with Crippen molar-refractivity contribution in [3.05, 3.63) is 0 Å². The summed E-state index contributed by atoms with van der Waals surface area (Å²) in [6, 6.07) is 0.420. The van der Waals surface area contributed by atoms with Gasteiger partial charge in [0.2, 0.25) is 0 Å². The zero-order valence-corrected chi connectivity index (χ0v) is 12.7. The van der Waals surface area contributed by atoms with Crippen LogP contribution in [0.4, 0.5) is 0 Å².